The van der Waals surface area contributed by atoms with Crippen molar-refractivity contribution in [1.29, 1.82) is 0 Å². The van der Waals surface area contributed by atoms with E-state index in [4.69, 9.17) is 0 Å². The van der Waals surface area contributed by atoms with Crippen LogP contribution < -0.4 is 4.90 Å². The summed E-state index contributed by atoms with van der Waals surface area (Å²) in [4.78, 5) is 2.37. The quantitative estimate of drug-likeness (QED) is 0.908. The molecule has 0 saturated carbocycles. The molecule has 1 aliphatic rings. The van der Waals surface area contributed by atoms with Gasteiger partial charge in [0.05, 0.1) is 6.10 Å². The molecule has 1 fully saturated rings. The Bertz CT molecular complexity index is 364. The third-order valence-electron chi connectivity index (χ3n) is 2.79. The molecule has 1 aromatic rings. The molecule has 0 aromatic heterocycles. The van der Waals surface area contributed by atoms with Gasteiger partial charge in [-0.05, 0) is 25.1 Å². The molecule has 0 radical (unpaired) electrons. The maximum absolute atomic E-state index is 9.81. The second kappa shape index (κ2) is 5.43. The predicted molar refractivity (Wildman–Crippen MR) is 74.3 cm³/mol. The van der Waals surface area contributed by atoms with Crippen molar-refractivity contribution in [2.45, 2.75) is 13.0 Å². The maximum atomic E-state index is 9.81. The van der Waals surface area contributed by atoms with Gasteiger partial charge in [0.15, 0.2) is 0 Å². The van der Waals surface area contributed by atoms with Crippen LogP contribution in [0.5, 0.6) is 0 Å². The molecule has 1 heterocycles. The molecule has 4 heteroatoms. The second-order valence-electron chi connectivity index (χ2n) is 3.98. The van der Waals surface area contributed by atoms with Crippen molar-refractivity contribution in [2.75, 3.05) is 29.5 Å². The Kier molecular flexibility index (Phi) is 4.16. The lowest BCUT2D eigenvalue weighted by Crippen LogP contribution is -2.33. The van der Waals surface area contributed by atoms with E-state index in [0.29, 0.717) is 0 Å². The number of anilines is 1. The van der Waals surface area contributed by atoms with Gasteiger partial charge in [-0.2, -0.15) is 11.8 Å². The lowest BCUT2D eigenvalue weighted by molar-refractivity contribution is 0.199. The normalized spacial score (nSPS) is 18.6. The maximum Gasteiger partial charge on any atom is 0.0782 e. The van der Waals surface area contributed by atoms with Crippen LogP contribution in [-0.2, 0) is 0 Å². The van der Waals surface area contributed by atoms with Crippen molar-refractivity contribution in [1.82, 2.24) is 0 Å². The summed E-state index contributed by atoms with van der Waals surface area (Å²) in [5.41, 5.74) is 2.19. The van der Waals surface area contributed by atoms with Crippen LogP contribution in [0.25, 0.3) is 0 Å². The first-order valence-electron chi connectivity index (χ1n) is 5.48. The summed E-state index contributed by atoms with van der Waals surface area (Å²) in [6, 6.07) is 6.16. The molecule has 16 heavy (non-hydrogen) atoms. The Morgan fingerprint density at radius 1 is 1.38 bits per heavy atom. The molecule has 0 bridgehead atoms. The van der Waals surface area contributed by atoms with E-state index in [1.54, 1.807) is 0 Å². The summed E-state index contributed by atoms with van der Waals surface area (Å²) >= 11 is 5.45. The Labute approximate surface area is 109 Å². The largest absolute Gasteiger partial charge is 0.389 e. The molecule has 88 valence electrons. The van der Waals surface area contributed by atoms with Gasteiger partial charge in [-0.15, -0.1) is 0 Å². The number of hydrogen-bond donors (Lipinski definition) is 1. The molecule has 0 spiro atoms. The van der Waals surface area contributed by atoms with E-state index in [1.807, 2.05) is 30.8 Å². The number of halogens is 1. The van der Waals surface area contributed by atoms with Crippen molar-refractivity contribution in [3.8, 4) is 0 Å². The molecule has 0 amide bonds. The zero-order chi connectivity index (χ0) is 11.5. The number of nitrogens with zero attached hydrogens (tertiary/aromatic N) is 1. The summed E-state index contributed by atoms with van der Waals surface area (Å²) < 4.78 is 1.03. The van der Waals surface area contributed by atoms with Crippen molar-refractivity contribution >= 4 is 33.4 Å². The third-order valence-corrected chi connectivity index (χ3v) is 4.23. The lowest BCUT2D eigenvalue weighted by Gasteiger charge is -2.31. The minimum atomic E-state index is -0.415. The van der Waals surface area contributed by atoms with Crippen LogP contribution in [0.15, 0.2) is 22.7 Å². The van der Waals surface area contributed by atoms with Gasteiger partial charge in [-0.25, -0.2) is 0 Å². The standard InChI is InChI=1S/C12H16BrNOS/c1-9(15)11-8-10(13)2-3-12(11)14-4-6-16-7-5-14/h2-3,8-9,15H,4-7H2,1H3. The van der Waals surface area contributed by atoms with Crippen LogP contribution in [0.3, 0.4) is 0 Å². The Morgan fingerprint density at radius 2 is 2.06 bits per heavy atom. The fourth-order valence-corrected chi connectivity index (χ4v) is 3.23. The third kappa shape index (κ3) is 2.73. The van der Waals surface area contributed by atoms with Crippen LogP contribution in [0.2, 0.25) is 0 Å². The molecule has 2 rings (SSSR count). The van der Waals surface area contributed by atoms with Gasteiger partial charge in [0.2, 0.25) is 0 Å². The van der Waals surface area contributed by atoms with Gasteiger partial charge in [-0.3, -0.25) is 0 Å². The minimum Gasteiger partial charge on any atom is -0.389 e. The SMILES string of the molecule is CC(O)c1cc(Br)ccc1N1CCSCC1. The van der Waals surface area contributed by atoms with Crippen molar-refractivity contribution in [3.05, 3.63) is 28.2 Å². The molecule has 1 atom stereocenters. The number of hydrogen-bond acceptors (Lipinski definition) is 3. The smallest absolute Gasteiger partial charge is 0.0782 e. The molecular formula is C12H16BrNOS. The topological polar surface area (TPSA) is 23.5 Å². The predicted octanol–water partition coefficient (Wildman–Crippen LogP) is 3.06. The van der Waals surface area contributed by atoms with Crippen LogP contribution in [-0.4, -0.2) is 29.7 Å². The van der Waals surface area contributed by atoms with Gasteiger partial charge >= 0.3 is 0 Å². The van der Waals surface area contributed by atoms with Crippen molar-refractivity contribution in [3.63, 3.8) is 0 Å². The van der Waals surface area contributed by atoms with E-state index in [0.717, 1.165) is 23.1 Å². The van der Waals surface area contributed by atoms with Gasteiger partial charge < -0.3 is 10.0 Å². The van der Waals surface area contributed by atoms with E-state index in [9.17, 15) is 5.11 Å². The van der Waals surface area contributed by atoms with E-state index in [-0.39, 0.29) is 0 Å². The fourth-order valence-electron chi connectivity index (χ4n) is 1.95. The molecule has 1 saturated heterocycles. The average molecular weight is 302 g/mol. The highest BCUT2D eigenvalue weighted by Gasteiger charge is 2.16. The average Bonchev–Trinajstić information content (AvgIpc) is 2.30. The van der Waals surface area contributed by atoms with Crippen molar-refractivity contribution < 1.29 is 5.11 Å². The number of aliphatic hydroxyl groups excluding tert-OH is 1. The number of aliphatic hydroxyl groups is 1. The first kappa shape index (κ1) is 12.3. The van der Waals surface area contributed by atoms with Gasteiger partial charge in [0.1, 0.15) is 0 Å². The second-order valence-corrected chi connectivity index (χ2v) is 6.12. The Balaban J connectivity index is 2.31. The Hall–Kier alpha value is -0.190. The lowest BCUT2D eigenvalue weighted by atomic mass is 10.1. The fraction of sp³-hybridized carbons (Fsp3) is 0.500. The molecule has 1 aliphatic heterocycles. The number of benzene rings is 1. The number of thioether (sulfide) groups is 1. The molecule has 1 N–H and O–H groups in total. The van der Waals surface area contributed by atoms with E-state index in [2.05, 4.69) is 26.9 Å². The van der Waals surface area contributed by atoms with E-state index >= 15 is 0 Å². The highest BCUT2D eigenvalue weighted by molar-refractivity contribution is 9.10. The summed E-state index contributed by atoms with van der Waals surface area (Å²) in [5.74, 6) is 2.35. The molecule has 1 unspecified atom stereocenters. The van der Waals surface area contributed by atoms with E-state index in [1.165, 1.54) is 17.2 Å². The molecule has 2 nitrogen and oxygen atoms in total. The van der Waals surface area contributed by atoms with Crippen LogP contribution in [0, 0.1) is 0 Å². The van der Waals surface area contributed by atoms with Crippen LogP contribution >= 0.6 is 27.7 Å². The summed E-state index contributed by atoms with van der Waals surface area (Å²) in [5, 5.41) is 9.81. The van der Waals surface area contributed by atoms with Crippen molar-refractivity contribution in [2.24, 2.45) is 0 Å². The van der Waals surface area contributed by atoms with Crippen LogP contribution in [0.1, 0.15) is 18.6 Å². The van der Waals surface area contributed by atoms with Gasteiger partial charge in [0, 0.05) is 40.3 Å². The first-order valence-corrected chi connectivity index (χ1v) is 7.43. The van der Waals surface area contributed by atoms with Gasteiger partial charge in [-0.1, -0.05) is 15.9 Å². The first-order chi connectivity index (χ1) is 7.68. The molecular weight excluding hydrogens is 286 g/mol. The number of rotatable bonds is 2. The summed E-state index contributed by atoms with van der Waals surface area (Å²) in [7, 11) is 0. The monoisotopic (exact) mass is 301 g/mol. The van der Waals surface area contributed by atoms with Gasteiger partial charge in [0.25, 0.3) is 0 Å². The summed E-state index contributed by atoms with van der Waals surface area (Å²) in [6.45, 7) is 3.97. The molecule has 0 aliphatic carbocycles. The minimum absolute atomic E-state index is 0.415. The highest BCUT2D eigenvalue weighted by atomic mass is 79.9. The molecule has 1 aromatic carbocycles. The highest BCUT2D eigenvalue weighted by Crippen LogP contribution is 2.30. The zero-order valence-electron chi connectivity index (χ0n) is 9.32. The van der Waals surface area contributed by atoms with Crippen LogP contribution in [0.4, 0.5) is 5.69 Å². The summed E-state index contributed by atoms with van der Waals surface area (Å²) in [6.07, 6.45) is -0.415. The zero-order valence-corrected chi connectivity index (χ0v) is 11.7. The Morgan fingerprint density at radius 3 is 2.69 bits per heavy atom. The van der Waals surface area contributed by atoms with E-state index < -0.39 is 6.10 Å².